The molecule has 128 valence electrons. The minimum absolute atomic E-state index is 0.0116. The molecule has 0 atom stereocenters. The van der Waals surface area contributed by atoms with Crippen molar-refractivity contribution >= 4 is 17.3 Å². The molecule has 24 heavy (non-hydrogen) atoms. The number of aryl methyl sites for hydroxylation is 4. The second-order valence-electron chi connectivity index (χ2n) is 6.13. The van der Waals surface area contributed by atoms with Crippen molar-refractivity contribution in [2.24, 2.45) is 0 Å². The van der Waals surface area contributed by atoms with E-state index >= 15 is 0 Å². The lowest BCUT2D eigenvalue weighted by Crippen LogP contribution is -2.14. The van der Waals surface area contributed by atoms with E-state index < -0.39 is 0 Å². The van der Waals surface area contributed by atoms with E-state index in [2.05, 4.69) is 24.4 Å². The fraction of sp³-hybridized carbons (Fsp3) is 0.350. The zero-order chi connectivity index (χ0) is 17.7. The SMILES string of the molecule is CCOc1ccc(CCC(=O)Nc2c(C)cc(C)cc2C)cc1N. The zero-order valence-electron chi connectivity index (χ0n) is 14.9. The minimum atomic E-state index is 0.0116. The Labute approximate surface area is 144 Å². The van der Waals surface area contributed by atoms with E-state index in [9.17, 15) is 4.79 Å². The Morgan fingerprint density at radius 1 is 1.12 bits per heavy atom. The van der Waals surface area contributed by atoms with Crippen LogP contribution in [0.4, 0.5) is 11.4 Å². The van der Waals surface area contributed by atoms with Gasteiger partial charge in [-0.25, -0.2) is 0 Å². The number of carbonyl (C=O) groups excluding carboxylic acids is 1. The van der Waals surface area contributed by atoms with E-state index in [1.807, 2.05) is 39.0 Å². The summed E-state index contributed by atoms with van der Waals surface area (Å²) in [6.07, 6.45) is 1.06. The number of hydrogen-bond donors (Lipinski definition) is 2. The molecule has 0 aliphatic rings. The number of nitrogens with one attached hydrogen (secondary N) is 1. The standard InChI is InChI=1S/C20H26N2O2/c1-5-24-18-8-6-16(12-17(18)21)7-9-19(23)22-20-14(3)10-13(2)11-15(20)4/h6,8,10-12H,5,7,9,21H2,1-4H3,(H,22,23). The number of anilines is 2. The molecule has 0 saturated carbocycles. The molecule has 2 aromatic carbocycles. The molecule has 0 fully saturated rings. The molecule has 0 heterocycles. The summed E-state index contributed by atoms with van der Waals surface area (Å²) in [5.41, 5.74) is 11.9. The molecule has 2 aromatic rings. The van der Waals surface area contributed by atoms with Crippen molar-refractivity contribution < 1.29 is 9.53 Å². The first-order chi connectivity index (χ1) is 11.4. The van der Waals surface area contributed by atoms with Gasteiger partial charge in [0.2, 0.25) is 5.91 Å². The third kappa shape index (κ3) is 4.51. The molecule has 0 saturated heterocycles. The van der Waals surface area contributed by atoms with Gasteiger partial charge in [0.1, 0.15) is 5.75 Å². The van der Waals surface area contributed by atoms with Gasteiger partial charge in [-0.1, -0.05) is 23.8 Å². The zero-order valence-corrected chi connectivity index (χ0v) is 14.9. The summed E-state index contributed by atoms with van der Waals surface area (Å²) in [5.74, 6) is 0.703. The van der Waals surface area contributed by atoms with Gasteiger partial charge in [0.25, 0.3) is 0 Å². The van der Waals surface area contributed by atoms with Crippen LogP contribution in [0.1, 0.15) is 35.6 Å². The largest absolute Gasteiger partial charge is 0.492 e. The van der Waals surface area contributed by atoms with Crippen LogP contribution >= 0.6 is 0 Å². The quantitative estimate of drug-likeness (QED) is 0.783. The Kier molecular flexibility index (Phi) is 5.85. The van der Waals surface area contributed by atoms with Gasteiger partial charge in [-0.2, -0.15) is 0 Å². The molecule has 3 N–H and O–H groups in total. The Morgan fingerprint density at radius 3 is 2.38 bits per heavy atom. The number of rotatable bonds is 6. The van der Waals surface area contributed by atoms with Crippen LogP contribution in [0, 0.1) is 20.8 Å². The fourth-order valence-corrected chi connectivity index (χ4v) is 2.88. The summed E-state index contributed by atoms with van der Waals surface area (Å²) in [7, 11) is 0. The van der Waals surface area contributed by atoms with Crippen LogP contribution < -0.4 is 15.8 Å². The van der Waals surface area contributed by atoms with E-state index in [4.69, 9.17) is 10.5 Å². The number of ether oxygens (including phenoxy) is 1. The lowest BCUT2D eigenvalue weighted by molar-refractivity contribution is -0.116. The fourth-order valence-electron chi connectivity index (χ4n) is 2.88. The maximum absolute atomic E-state index is 12.3. The van der Waals surface area contributed by atoms with Crippen LogP contribution in [0.15, 0.2) is 30.3 Å². The summed E-state index contributed by atoms with van der Waals surface area (Å²) < 4.78 is 5.43. The van der Waals surface area contributed by atoms with Crippen LogP contribution in [0.2, 0.25) is 0 Å². The molecule has 0 aromatic heterocycles. The van der Waals surface area contributed by atoms with Crippen LogP contribution in [-0.4, -0.2) is 12.5 Å². The van der Waals surface area contributed by atoms with E-state index in [0.717, 1.165) is 22.4 Å². The van der Waals surface area contributed by atoms with Gasteiger partial charge >= 0.3 is 0 Å². The number of carbonyl (C=O) groups is 1. The molecule has 0 aliphatic heterocycles. The van der Waals surface area contributed by atoms with Gasteiger partial charge in [0.15, 0.2) is 0 Å². The molecule has 0 spiro atoms. The van der Waals surface area contributed by atoms with Crippen molar-refractivity contribution in [2.45, 2.75) is 40.5 Å². The Hall–Kier alpha value is -2.49. The average molecular weight is 326 g/mol. The lowest BCUT2D eigenvalue weighted by Gasteiger charge is -2.13. The summed E-state index contributed by atoms with van der Waals surface area (Å²) in [4.78, 5) is 12.3. The molecule has 0 unspecified atom stereocenters. The van der Waals surface area contributed by atoms with E-state index in [1.54, 1.807) is 0 Å². The summed E-state index contributed by atoms with van der Waals surface area (Å²) in [5, 5.41) is 3.03. The molecule has 4 heteroatoms. The first-order valence-electron chi connectivity index (χ1n) is 8.29. The second kappa shape index (κ2) is 7.86. The highest BCUT2D eigenvalue weighted by molar-refractivity contribution is 5.92. The van der Waals surface area contributed by atoms with Gasteiger partial charge in [-0.05, 0) is 62.9 Å². The lowest BCUT2D eigenvalue weighted by atomic mass is 10.0. The first-order valence-corrected chi connectivity index (χ1v) is 8.29. The maximum atomic E-state index is 12.3. The highest BCUT2D eigenvalue weighted by Gasteiger charge is 2.09. The molecule has 2 rings (SSSR count). The molecular weight excluding hydrogens is 300 g/mol. The van der Waals surface area contributed by atoms with E-state index in [0.29, 0.717) is 30.9 Å². The average Bonchev–Trinajstić information content (AvgIpc) is 2.51. The van der Waals surface area contributed by atoms with Gasteiger partial charge in [0, 0.05) is 12.1 Å². The minimum Gasteiger partial charge on any atom is -0.492 e. The number of nitrogen functional groups attached to an aromatic ring is 1. The Bertz CT molecular complexity index is 715. The van der Waals surface area contributed by atoms with Crippen molar-refractivity contribution in [1.82, 2.24) is 0 Å². The monoisotopic (exact) mass is 326 g/mol. The number of benzene rings is 2. The molecule has 1 amide bonds. The first kappa shape index (κ1) is 17.9. The summed E-state index contributed by atoms with van der Waals surface area (Å²) in [6, 6.07) is 9.85. The molecule has 4 nitrogen and oxygen atoms in total. The van der Waals surface area contributed by atoms with Crippen molar-refractivity contribution in [3.8, 4) is 5.75 Å². The Balaban J connectivity index is 1.98. The molecular formula is C20H26N2O2. The van der Waals surface area contributed by atoms with Crippen LogP contribution in [0.25, 0.3) is 0 Å². The third-order valence-electron chi connectivity index (χ3n) is 3.96. The second-order valence-corrected chi connectivity index (χ2v) is 6.13. The highest BCUT2D eigenvalue weighted by Crippen LogP contribution is 2.24. The third-order valence-corrected chi connectivity index (χ3v) is 3.96. The predicted octanol–water partition coefficient (Wildman–Crippen LogP) is 4.16. The van der Waals surface area contributed by atoms with Gasteiger partial charge in [0.05, 0.1) is 12.3 Å². The smallest absolute Gasteiger partial charge is 0.224 e. The van der Waals surface area contributed by atoms with Gasteiger partial charge < -0.3 is 15.8 Å². The maximum Gasteiger partial charge on any atom is 0.224 e. The number of amides is 1. The molecule has 0 bridgehead atoms. The van der Waals surface area contributed by atoms with Crippen LogP contribution in [-0.2, 0) is 11.2 Å². The van der Waals surface area contributed by atoms with Crippen LogP contribution in [0.5, 0.6) is 5.75 Å². The summed E-state index contributed by atoms with van der Waals surface area (Å²) >= 11 is 0. The number of hydrogen-bond acceptors (Lipinski definition) is 3. The van der Waals surface area contributed by atoms with Crippen molar-refractivity contribution in [3.63, 3.8) is 0 Å². The van der Waals surface area contributed by atoms with Crippen molar-refractivity contribution in [3.05, 3.63) is 52.6 Å². The van der Waals surface area contributed by atoms with E-state index in [-0.39, 0.29) is 5.91 Å². The highest BCUT2D eigenvalue weighted by atomic mass is 16.5. The topological polar surface area (TPSA) is 64.3 Å². The van der Waals surface area contributed by atoms with Crippen molar-refractivity contribution in [1.29, 1.82) is 0 Å². The molecule has 0 aliphatic carbocycles. The number of nitrogens with two attached hydrogens (primary N) is 1. The van der Waals surface area contributed by atoms with Gasteiger partial charge in [-0.15, -0.1) is 0 Å². The predicted molar refractivity (Wildman–Crippen MR) is 99.6 cm³/mol. The molecule has 0 radical (unpaired) electrons. The summed E-state index contributed by atoms with van der Waals surface area (Å²) in [6.45, 7) is 8.60. The van der Waals surface area contributed by atoms with E-state index in [1.165, 1.54) is 5.56 Å². The van der Waals surface area contributed by atoms with Gasteiger partial charge in [-0.3, -0.25) is 4.79 Å². The van der Waals surface area contributed by atoms with Crippen LogP contribution in [0.3, 0.4) is 0 Å². The van der Waals surface area contributed by atoms with Crippen molar-refractivity contribution in [2.75, 3.05) is 17.7 Å². The Morgan fingerprint density at radius 2 is 1.79 bits per heavy atom. The normalized spacial score (nSPS) is 10.5.